The Labute approximate surface area is 101 Å². The first kappa shape index (κ1) is 12.0. The molecule has 0 fully saturated rings. The SMILES string of the molecule is Cc1cc(CC(C)(C)N)nc2ccc(F)cc12. The van der Waals surface area contributed by atoms with E-state index in [1.54, 1.807) is 6.07 Å². The Hall–Kier alpha value is -1.48. The van der Waals surface area contributed by atoms with E-state index >= 15 is 0 Å². The van der Waals surface area contributed by atoms with Crippen molar-refractivity contribution in [3.8, 4) is 0 Å². The van der Waals surface area contributed by atoms with Crippen LogP contribution in [0.1, 0.15) is 25.1 Å². The molecule has 0 bridgehead atoms. The van der Waals surface area contributed by atoms with Crippen molar-refractivity contribution in [2.24, 2.45) is 5.73 Å². The third-order valence-electron chi connectivity index (χ3n) is 2.67. The molecule has 0 radical (unpaired) electrons. The number of hydrogen-bond acceptors (Lipinski definition) is 2. The van der Waals surface area contributed by atoms with Gasteiger partial charge in [-0.2, -0.15) is 0 Å². The Morgan fingerprint density at radius 2 is 2.00 bits per heavy atom. The van der Waals surface area contributed by atoms with Gasteiger partial charge in [0.15, 0.2) is 0 Å². The quantitative estimate of drug-likeness (QED) is 0.864. The van der Waals surface area contributed by atoms with Crippen molar-refractivity contribution in [2.75, 3.05) is 0 Å². The summed E-state index contributed by atoms with van der Waals surface area (Å²) < 4.78 is 13.1. The third-order valence-corrected chi connectivity index (χ3v) is 2.67. The number of pyridine rings is 1. The molecule has 0 saturated carbocycles. The number of nitrogens with two attached hydrogens (primary N) is 1. The van der Waals surface area contributed by atoms with Crippen LogP contribution in [0.3, 0.4) is 0 Å². The second-order valence-electron chi connectivity index (χ2n) is 5.26. The van der Waals surface area contributed by atoms with Crippen LogP contribution in [0.5, 0.6) is 0 Å². The van der Waals surface area contributed by atoms with E-state index in [0.717, 1.165) is 22.2 Å². The summed E-state index contributed by atoms with van der Waals surface area (Å²) in [4.78, 5) is 4.52. The van der Waals surface area contributed by atoms with Crippen LogP contribution in [0.15, 0.2) is 24.3 Å². The standard InChI is InChI=1S/C14H17FN2/c1-9-6-11(8-14(2,3)16)17-13-5-4-10(15)7-12(9)13/h4-7H,8,16H2,1-3H3. The van der Waals surface area contributed by atoms with Crippen LogP contribution >= 0.6 is 0 Å². The Morgan fingerprint density at radius 3 is 2.65 bits per heavy atom. The average molecular weight is 232 g/mol. The minimum atomic E-state index is -0.285. The largest absolute Gasteiger partial charge is 0.325 e. The number of benzene rings is 1. The van der Waals surface area contributed by atoms with Crippen LogP contribution in [0, 0.1) is 12.7 Å². The lowest BCUT2D eigenvalue weighted by molar-refractivity contribution is 0.511. The number of aromatic nitrogens is 1. The molecule has 0 spiro atoms. The number of halogens is 1. The van der Waals surface area contributed by atoms with Gasteiger partial charge in [-0.3, -0.25) is 4.98 Å². The maximum Gasteiger partial charge on any atom is 0.123 e. The summed E-state index contributed by atoms with van der Waals surface area (Å²) in [6.45, 7) is 5.91. The summed E-state index contributed by atoms with van der Waals surface area (Å²) in [6, 6.07) is 6.66. The zero-order valence-electron chi connectivity index (χ0n) is 10.4. The van der Waals surface area contributed by atoms with Gasteiger partial charge in [0.1, 0.15) is 5.82 Å². The number of rotatable bonds is 2. The highest BCUT2D eigenvalue weighted by atomic mass is 19.1. The molecule has 2 rings (SSSR count). The first-order valence-corrected chi connectivity index (χ1v) is 5.70. The van der Waals surface area contributed by atoms with E-state index < -0.39 is 0 Å². The highest BCUT2D eigenvalue weighted by Crippen LogP contribution is 2.20. The first-order valence-electron chi connectivity index (χ1n) is 5.70. The molecule has 1 aromatic carbocycles. The predicted molar refractivity (Wildman–Crippen MR) is 68.4 cm³/mol. The molecule has 0 atom stereocenters. The van der Waals surface area contributed by atoms with Gasteiger partial charge in [0.05, 0.1) is 5.52 Å². The summed E-state index contributed by atoms with van der Waals surface area (Å²) in [5, 5.41) is 0.864. The van der Waals surface area contributed by atoms with Gasteiger partial charge in [-0.1, -0.05) is 0 Å². The van der Waals surface area contributed by atoms with Crippen molar-refractivity contribution in [1.82, 2.24) is 4.98 Å². The van der Waals surface area contributed by atoms with Gasteiger partial charge < -0.3 is 5.73 Å². The van der Waals surface area contributed by atoms with Crippen molar-refractivity contribution < 1.29 is 4.39 Å². The maximum absolute atomic E-state index is 13.1. The molecule has 2 N–H and O–H groups in total. The molecule has 0 aliphatic carbocycles. The monoisotopic (exact) mass is 232 g/mol. The highest BCUT2D eigenvalue weighted by molar-refractivity contribution is 5.82. The Morgan fingerprint density at radius 1 is 1.29 bits per heavy atom. The van der Waals surface area contributed by atoms with E-state index in [9.17, 15) is 4.39 Å². The normalized spacial score (nSPS) is 12.1. The molecular formula is C14H17FN2. The number of aryl methyl sites for hydroxylation is 1. The van der Waals surface area contributed by atoms with Gasteiger partial charge in [0.25, 0.3) is 0 Å². The summed E-state index contributed by atoms with van der Waals surface area (Å²) >= 11 is 0. The molecular weight excluding hydrogens is 215 g/mol. The number of fused-ring (bicyclic) bond motifs is 1. The molecule has 1 aromatic heterocycles. The van der Waals surface area contributed by atoms with Crippen molar-refractivity contribution in [2.45, 2.75) is 32.7 Å². The molecule has 1 heterocycles. The van der Waals surface area contributed by atoms with Crippen LogP contribution < -0.4 is 5.73 Å². The lowest BCUT2D eigenvalue weighted by Gasteiger charge is -2.18. The van der Waals surface area contributed by atoms with Gasteiger partial charge in [-0.25, -0.2) is 4.39 Å². The maximum atomic E-state index is 13.1. The third kappa shape index (κ3) is 2.80. The van der Waals surface area contributed by atoms with Crippen LogP contribution in [0.25, 0.3) is 10.9 Å². The zero-order valence-corrected chi connectivity index (χ0v) is 10.4. The van der Waals surface area contributed by atoms with Crippen molar-refractivity contribution in [1.29, 1.82) is 0 Å². The van der Waals surface area contributed by atoms with Gasteiger partial charge in [-0.15, -0.1) is 0 Å². The summed E-state index contributed by atoms with van der Waals surface area (Å²) in [5.41, 5.74) is 8.51. The fourth-order valence-corrected chi connectivity index (χ4v) is 1.99. The van der Waals surface area contributed by atoms with Crippen molar-refractivity contribution in [3.63, 3.8) is 0 Å². The van der Waals surface area contributed by atoms with E-state index in [0.29, 0.717) is 6.42 Å². The molecule has 0 saturated heterocycles. The number of hydrogen-bond donors (Lipinski definition) is 1. The second kappa shape index (κ2) is 4.08. The van der Waals surface area contributed by atoms with Crippen molar-refractivity contribution >= 4 is 10.9 Å². The van der Waals surface area contributed by atoms with Crippen molar-refractivity contribution in [3.05, 3.63) is 41.3 Å². The number of nitrogens with zero attached hydrogens (tertiary/aromatic N) is 1. The first-order chi connectivity index (χ1) is 7.85. The Balaban J connectivity index is 2.52. The Bertz CT molecular complexity index is 556. The average Bonchev–Trinajstić information content (AvgIpc) is 2.17. The van der Waals surface area contributed by atoms with Gasteiger partial charge >= 0.3 is 0 Å². The molecule has 0 amide bonds. The summed E-state index contributed by atoms with van der Waals surface area (Å²) in [6.07, 6.45) is 0.709. The van der Waals surface area contributed by atoms with Gasteiger partial charge in [0, 0.05) is 23.0 Å². The molecule has 0 aliphatic rings. The molecule has 2 nitrogen and oxygen atoms in total. The van der Waals surface area contributed by atoms with E-state index in [1.165, 1.54) is 12.1 Å². The van der Waals surface area contributed by atoms with E-state index in [2.05, 4.69) is 4.98 Å². The fourth-order valence-electron chi connectivity index (χ4n) is 1.99. The second-order valence-corrected chi connectivity index (χ2v) is 5.26. The molecule has 90 valence electrons. The van der Waals surface area contributed by atoms with E-state index in [-0.39, 0.29) is 11.4 Å². The van der Waals surface area contributed by atoms with E-state index in [1.807, 2.05) is 26.8 Å². The topological polar surface area (TPSA) is 38.9 Å². The lowest BCUT2D eigenvalue weighted by Crippen LogP contribution is -2.34. The summed E-state index contributed by atoms with van der Waals surface area (Å²) in [7, 11) is 0. The van der Waals surface area contributed by atoms with Crippen LogP contribution in [-0.2, 0) is 6.42 Å². The Kier molecular flexibility index (Phi) is 2.87. The fraction of sp³-hybridized carbons (Fsp3) is 0.357. The van der Waals surface area contributed by atoms with Gasteiger partial charge in [-0.05, 0) is 50.6 Å². The van der Waals surface area contributed by atoms with Crippen LogP contribution in [0.2, 0.25) is 0 Å². The minimum absolute atomic E-state index is 0.227. The summed E-state index contributed by atoms with van der Waals surface area (Å²) in [5.74, 6) is -0.227. The van der Waals surface area contributed by atoms with E-state index in [4.69, 9.17) is 5.73 Å². The lowest BCUT2D eigenvalue weighted by atomic mass is 9.98. The molecule has 2 aromatic rings. The zero-order chi connectivity index (χ0) is 12.6. The highest BCUT2D eigenvalue weighted by Gasteiger charge is 2.14. The molecule has 17 heavy (non-hydrogen) atoms. The molecule has 0 aliphatic heterocycles. The molecule has 3 heteroatoms. The smallest absolute Gasteiger partial charge is 0.123 e. The predicted octanol–water partition coefficient (Wildman–Crippen LogP) is 2.96. The molecule has 0 unspecified atom stereocenters. The van der Waals surface area contributed by atoms with Gasteiger partial charge in [0.2, 0.25) is 0 Å². The minimum Gasteiger partial charge on any atom is -0.325 e. The van der Waals surface area contributed by atoms with Crippen LogP contribution in [0.4, 0.5) is 4.39 Å². The van der Waals surface area contributed by atoms with Crippen LogP contribution in [-0.4, -0.2) is 10.5 Å².